The SMILES string of the molecule is C[C@H]1CN(C(=O)C2CC2C2CC2)CCN1. The van der Waals surface area contributed by atoms with Crippen molar-refractivity contribution in [2.45, 2.75) is 32.2 Å². The molecule has 0 bridgehead atoms. The van der Waals surface area contributed by atoms with Gasteiger partial charge in [-0.2, -0.15) is 0 Å². The highest BCUT2D eigenvalue weighted by Gasteiger charge is 2.52. The van der Waals surface area contributed by atoms with Gasteiger partial charge in [0.05, 0.1) is 0 Å². The van der Waals surface area contributed by atoms with Crippen molar-refractivity contribution < 1.29 is 4.79 Å². The van der Waals surface area contributed by atoms with Gasteiger partial charge in [-0.05, 0) is 38.0 Å². The van der Waals surface area contributed by atoms with Crippen molar-refractivity contribution in [1.29, 1.82) is 0 Å². The maximum atomic E-state index is 12.1. The molecule has 3 fully saturated rings. The number of carbonyl (C=O) groups excluding carboxylic acids is 1. The van der Waals surface area contributed by atoms with Gasteiger partial charge in [-0.15, -0.1) is 0 Å². The summed E-state index contributed by atoms with van der Waals surface area (Å²) >= 11 is 0. The average Bonchev–Trinajstić information content (AvgIpc) is 3.07. The molecule has 2 unspecified atom stereocenters. The van der Waals surface area contributed by atoms with Crippen molar-refractivity contribution in [3.63, 3.8) is 0 Å². The van der Waals surface area contributed by atoms with E-state index < -0.39 is 0 Å². The van der Waals surface area contributed by atoms with Gasteiger partial charge < -0.3 is 10.2 Å². The third-order valence-corrected chi connectivity index (χ3v) is 4.06. The normalized spacial score (nSPS) is 40.3. The van der Waals surface area contributed by atoms with E-state index in [2.05, 4.69) is 17.1 Å². The number of piperazine rings is 1. The lowest BCUT2D eigenvalue weighted by molar-refractivity contribution is -0.134. The molecule has 0 spiro atoms. The Morgan fingerprint density at radius 3 is 2.87 bits per heavy atom. The Kier molecular flexibility index (Phi) is 2.23. The van der Waals surface area contributed by atoms with Crippen LogP contribution in [0.2, 0.25) is 0 Å². The van der Waals surface area contributed by atoms with Crippen LogP contribution in [0.15, 0.2) is 0 Å². The Labute approximate surface area is 91.2 Å². The van der Waals surface area contributed by atoms with Crippen molar-refractivity contribution >= 4 is 5.91 Å². The molecule has 84 valence electrons. The number of rotatable bonds is 2. The fourth-order valence-corrected chi connectivity index (χ4v) is 2.91. The first-order valence-electron chi connectivity index (χ1n) is 6.28. The van der Waals surface area contributed by atoms with Crippen LogP contribution in [-0.2, 0) is 4.79 Å². The predicted molar refractivity (Wildman–Crippen MR) is 58.4 cm³/mol. The Hall–Kier alpha value is -0.570. The third-order valence-electron chi connectivity index (χ3n) is 4.06. The van der Waals surface area contributed by atoms with Crippen LogP contribution < -0.4 is 5.32 Å². The molecule has 3 aliphatic rings. The third kappa shape index (κ3) is 1.89. The maximum Gasteiger partial charge on any atom is 0.226 e. The first-order valence-corrected chi connectivity index (χ1v) is 6.28. The molecular formula is C12H20N2O. The van der Waals surface area contributed by atoms with Gasteiger partial charge in [-0.1, -0.05) is 0 Å². The quantitative estimate of drug-likeness (QED) is 0.730. The minimum Gasteiger partial charge on any atom is -0.340 e. The summed E-state index contributed by atoms with van der Waals surface area (Å²) < 4.78 is 0. The standard InChI is InChI=1S/C12H20N2O/c1-8-7-14(5-4-13-8)12(15)11-6-10(11)9-2-3-9/h8-11,13H,2-7H2,1H3/t8-,10?,11?/m0/s1. The molecule has 1 aliphatic heterocycles. The van der Waals surface area contributed by atoms with Crippen LogP contribution in [0.5, 0.6) is 0 Å². The maximum absolute atomic E-state index is 12.1. The Morgan fingerprint density at radius 1 is 1.40 bits per heavy atom. The molecule has 2 saturated carbocycles. The monoisotopic (exact) mass is 208 g/mol. The molecular weight excluding hydrogens is 188 g/mol. The predicted octanol–water partition coefficient (Wildman–Crippen LogP) is 0.853. The number of nitrogens with zero attached hydrogens (tertiary/aromatic N) is 1. The molecule has 0 radical (unpaired) electrons. The van der Waals surface area contributed by atoms with Gasteiger partial charge in [0.1, 0.15) is 0 Å². The largest absolute Gasteiger partial charge is 0.340 e. The summed E-state index contributed by atoms with van der Waals surface area (Å²) in [6.45, 7) is 4.95. The first kappa shape index (κ1) is 9.64. The van der Waals surface area contributed by atoms with Gasteiger partial charge in [0.25, 0.3) is 0 Å². The van der Waals surface area contributed by atoms with Crippen molar-refractivity contribution in [2.75, 3.05) is 19.6 Å². The fraction of sp³-hybridized carbons (Fsp3) is 0.917. The summed E-state index contributed by atoms with van der Waals surface area (Å²) in [5.41, 5.74) is 0. The van der Waals surface area contributed by atoms with E-state index in [4.69, 9.17) is 0 Å². The molecule has 1 amide bonds. The summed E-state index contributed by atoms with van der Waals surface area (Å²) in [7, 11) is 0. The van der Waals surface area contributed by atoms with Crippen molar-refractivity contribution in [3.8, 4) is 0 Å². The van der Waals surface area contributed by atoms with E-state index in [0.29, 0.717) is 17.9 Å². The van der Waals surface area contributed by atoms with Crippen LogP contribution >= 0.6 is 0 Å². The molecule has 3 atom stereocenters. The van der Waals surface area contributed by atoms with E-state index in [1.165, 1.54) is 19.3 Å². The number of carbonyl (C=O) groups is 1. The molecule has 3 nitrogen and oxygen atoms in total. The molecule has 3 rings (SSSR count). The van der Waals surface area contributed by atoms with Gasteiger partial charge >= 0.3 is 0 Å². The highest BCUT2D eigenvalue weighted by molar-refractivity contribution is 5.82. The Morgan fingerprint density at radius 2 is 2.20 bits per heavy atom. The minimum absolute atomic E-state index is 0.405. The second-order valence-corrected chi connectivity index (χ2v) is 5.48. The molecule has 15 heavy (non-hydrogen) atoms. The van der Waals surface area contributed by atoms with E-state index in [0.717, 1.165) is 31.5 Å². The molecule has 0 aromatic heterocycles. The summed E-state index contributed by atoms with van der Waals surface area (Å²) in [5, 5.41) is 3.38. The van der Waals surface area contributed by atoms with E-state index in [9.17, 15) is 4.79 Å². The van der Waals surface area contributed by atoms with E-state index in [1.54, 1.807) is 0 Å². The van der Waals surface area contributed by atoms with Crippen molar-refractivity contribution in [2.24, 2.45) is 17.8 Å². The lowest BCUT2D eigenvalue weighted by Gasteiger charge is -2.32. The summed E-state index contributed by atoms with van der Waals surface area (Å²) in [4.78, 5) is 14.2. The van der Waals surface area contributed by atoms with Gasteiger partial charge in [-0.3, -0.25) is 4.79 Å². The summed E-state index contributed by atoms with van der Waals surface area (Å²) in [6, 6.07) is 0.473. The average molecular weight is 208 g/mol. The summed E-state index contributed by atoms with van der Waals surface area (Å²) in [5.74, 6) is 2.53. The van der Waals surface area contributed by atoms with Crippen molar-refractivity contribution in [3.05, 3.63) is 0 Å². The minimum atomic E-state index is 0.405. The zero-order valence-electron chi connectivity index (χ0n) is 9.41. The molecule has 0 aromatic rings. The van der Waals surface area contributed by atoms with Crippen LogP contribution in [-0.4, -0.2) is 36.5 Å². The van der Waals surface area contributed by atoms with Gasteiger partial charge in [0.2, 0.25) is 5.91 Å². The summed E-state index contributed by atoms with van der Waals surface area (Å²) in [6.07, 6.45) is 3.95. The second kappa shape index (κ2) is 3.48. The molecule has 1 saturated heterocycles. The van der Waals surface area contributed by atoms with Crippen molar-refractivity contribution in [1.82, 2.24) is 10.2 Å². The van der Waals surface area contributed by atoms with Crippen LogP contribution in [0.25, 0.3) is 0 Å². The van der Waals surface area contributed by atoms with Gasteiger partial charge in [0.15, 0.2) is 0 Å². The molecule has 3 heteroatoms. The number of nitrogens with one attached hydrogen (secondary N) is 1. The number of amides is 1. The van der Waals surface area contributed by atoms with Crippen LogP contribution in [0.4, 0.5) is 0 Å². The van der Waals surface area contributed by atoms with E-state index >= 15 is 0 Å². The molecule has 0 aromatic carbocycles. The van der Waals surface area contributed by atoms with Gasteiger partial charge in [0, 0.05) is 31.6 Å². The first-order chi connectivity index (χ1) is 7.25. The lowest BCUT2D eigenvalue weighted by Crippen LogP contribution is -2.51. The zero-order valence-corrected chi connectivity index (χ0v) is 9.41. The van der Waals surface area contributed by atoms with Crippen LogP contribution in [0.3, 0.4) is 0 Å². The second-order valence-electron chi connectivity index (χ2n) is 5.48. The van der Waals surface area contributed by atoms with E-state index in [-0.39, 0.29) is 0 Å². The smallest absolute Gasteiger partial charge is 0.226 e. The molecule has 1 heterocycles. The molecule has 1 N–H and O–H groups in total. The van der Waals surface area contributed by atoms with E-state index in [1.807, 2.05) is 0 Å². The highest BCUT2D eigenvalue weighted by Crippen LogP contribution is 2.54. The van der Waals surface area contributed by atoms with Crippen LogP contribution in [0, 0.1) is 17.8 Å². The number of hydrogen-bond acceptors (Lipinski definition) is 2. The Bertz CT molecular complexity index is 275. The Balaban J connectivity index is 1.55. The van der Waals surface area contributed by atoms with Crippen LogP contribution in [0.1, 0.15) is 26.2 Å². The molecule has 2 aliphatic carbocycles. The fourth-order valence-electron chi connectivity index (χ4n) is 2.91. The zero-order chi connectivity index (χ0) is 10.4. The van der Waals surface area contributed by atoms with Gasteiger partial charge in [-0.25, -0.2) is 0 Å². The highest BCUT2D eigenvalue weighted by atomic mass is 16.2. The topological polar surface area (TPSA) is 32.3 Å². The number of hydrogen-bond donors (Lipinski definition) is 1. The lowest BCUT2D eigenvalue weighted by atomic mass is 10.1.